The van der Waals surface area contributed by atoms with Crippen molar-refractivity contribution >= 4 is 39.9 Å². The van der Waals surface area contributed by atoms with E-state index in [0.29, 0.717) is 0 Å². The molecule has 0 aliphatic carbocycles. The van der Waals surface area contributed by atoms with E-state index in [-0.39, 0.29) is 28.0 Å². The van der Waals surface area contributed by atoms with E-state index in [1.165, 1.54) is 6.07 Å². The van der Waals surface area contributed by atoms with Crippen LogP contribution in [0.15, 0.2) is 12.1 Å². The highest BCUT2D eigenvalue weighted by Crippen LogP contribution is 2.37. The molecule has 1 N–H and O–H groups in total. The van der Waals surface area contributed by atoms with E-state index in [1.54, 1.807) is 34.4 Å². The Kier molecular flexibility index (Phi) is 4.33. The van der Waals surface area contributed by atoms with Gasteiger partial charge in [-0.05, 0) is 29.5 Å². The molecule has 114 valence electrons. The van der Waals surface area contributed by atoms with Crippen molar-refractivity contribution in [2.45, 2.75) is 12.5 Å². The van der Waals surface area contributed by atoms with E-state index in [0.717, 1.165) is 6.07 Å². The van der Waals surface area contributed by atoms with Crippen LogP contribution in [-0.4, -0.2) is 41.3 Å². The van der Waals surface area contributed by atoms with Gasteiger partial charge in [0.1, 0.15) is 23.7 Å². The van der Waals surface area contributed by atoms with Gasteiger partial charge in [-0.2, -0.15) is 0 Å². The summed E-state index contributed by atoms with van der Waals surface area (Å²) in [5.74, 6) is -1.61. The third kappa shape index (κ3) is 3.40. The molecule has 1 saturated heterocycles. The van der Waals surface area contributed by atoms with Crippen LogP contribution in [0.25, 0.3) is 0 Å². The van der Waals surface area contributed by atoms with Crippen LogP contribution < -0.4 is 4.90 Å². The predicted molar refractivity (Wildman–Crippen MR) is 80.0 cm³/mol. The molecule has 0 spiro atoms. The number of nitrogens with zero attached hydrogens (tertiary/aromatic N) is 2. The topological polar surface area (TPSA) is 92.9 Å². The minimum Gasteiger partial charge on any atom is -0.480 e. The molecule has 0 aromatic heterocycles. The van der Waals surface area contributed by atoms with E-state index in [1.807, 2.05) is 0 Å². The van der Waals surface area contributed by atoms with Gasteiger partial charge in [-0.25, -0.2) is 9.18 Å². The van der Waals surface area contributed by atoms with E-state index < -0.39 is 28.9 Å². The second kappa shape index (κ2) is 5.72. The summed E-state index contributed by atoms with van der Waals surface area (Å²) in [6.07, 6.45) is 0. The molecule has 1 aromatic rings. The summed E-state index contributed by atoms with van der Waals surface area (Å²) in [5, 5.41) is 19.6. The summed E-state index contributed by atoms with van der Waals surface area (Å²) in [5.41, 5.74) is -0.707. The van der Waals surface area contributed by atoms with Crippen molar-refractivity contribution in [3.05, 3.63) is 31.6 Å². The van der Waals surface area contributed by atoms with Gasteiger partial charge in [0, 0.05) is 25.2 Å². The third-order valence-corrected chi connectivity index (χ3v) is 3.98. The first-order valence-corrected chi connectivity index (χ1v) is 7.04. The van der Waals surface area contributed by atoms with Crippen LogP contribution in [0.2, 0.25) is 0 Å². The van der Waals surface area contributed by atoms with Gasteiger partial charge in [0.25, 0.3) is 5.69 Å². The zero-order valence-corrected chi connectivity index (χ0v) is 13.2. The fourth-order valence-corrected chi connectivity index (χ4v) is 2.63. The number of anilines is 1. The van der Waals surface area contributed by atoms with Gasteiger partial charge in [0.15, 0.2) is 0 Å². The average molecular weight is 410 g/mol. The number of hydrogen-bond acceptors (Lipinski definition) is 5. The Hall–Kier alpha value is -1.49. The van der Waals surface area contributed by atoms with E-state index in [2.05, 4.69) is 0 Å². The van der Waals surface area contributed by atoms with Crippen LogP contribution in [0, 0.1) is 19.5 Å². The first-order chi connectivity index (χ1) is 9.72. The maximum absolute atomic E-state index is 13.6. The summed E-state index contributed by atoms with van der Waals surface area (Å²) in [6, 6.07) is 2.30. The predicted octanol–water partition coefficient (Wildman–Crippen LogP) is 2.02. The van der Waals surface area contributed by atoms with Gasteiger partial charge in [-0.1, -0.05) is 0 Å². The van der Waals surface area contributed by atoms with Crippen molar-refractivity contribution in [1.82, 2.24) is 0 Å². The maximum Gasteiger partial charge on any atom is 0.329 e. The summed E-state index contributed by atoms with van der Waals surface area (Å²) in [4.78, 5) is 22.6. The van der Waals surface area contributed by atoms with Crippen molar-refractivity contribution in [3.63, 3.8) is 0 Å². The Morgan fingerprint density at radius 2 is 2.24 bits per heavy atom. The molecule has 1 heterocycles. The zero-order chi connectivity index (χ0) is 15.8. The smallest absolute Gasteiger partial charge is 0.329 e. The second-order valence-electron chi connectivity index (χ2n) is 5.00. The van der Waals surface area contributed by atoms with Crippen LogP contribution in [0.1, 0.15) is 6.92 Å². The number of benzene rings is 1. The molecule has 0 saturated carbocycles. The minimum atomic E-state index is -1.08. The standard InChI is InChI=1S/C12H12FIN2O5/c1-12(21-4-11(17)18)5-15(6-12)9-2-7(13)8(14)3-10(9)16(19)20/h2-3H,4-6H2,1H3,(H,17,18). The Labute approximate surface area is 133 Å². The third-order valence-electron chi connectivity index (χ3n) is 3.15. The molecule has 2 rings (SSSR count). The number of halogens is 2. The molecule has 0 amide bonds. The lowest BCUT2D eigenvalue weighted by molar-refractivity contribution is -0.384. The molecule has 9 heteroatoms. The summed E-state index contributed by atoms with van der Waals surface area (Å²) in [6.45, 7) is 1.80. The number of ether oxygens (including phenoxy) is 1. The highest BCUT2D eigenvalue weighted by Gasteiger charge is 2.42. The first kappa shape index (κ1) is 15.9. The molecular formula is C12H12FIN2O5. The molecule has 1 fully saturated rings. The van der Waals surface area contributed by atoms with Gasteiger partial charge in [0.2, 0.25) is 0 Å². The number of aliphatic carboxylic acids is 1. The van der Waals surface area contributed by atoms with Gasteiger partial charge in [0.05, 0.1) is 8.49 Å². The number of carboxylic acids is 1. The molecule has 0 bridgehead atoms. The molecular weight excluding hydrogens is 398 g/mol. The SMILES string of the molecule is CC1(OCC(=O)O)CN(c2cc(F)c(I)cc2[N+](=O)[O-])C1. The number of hydrogen-bond donors (Lipinski definition) is 1. The normalized spacial score (nSPS) is 16.4. The maximum atomic E-state index is 13.6. The summed E-state index contributed by atoms with van der Waals surface area (Å²) in [7, 11) is 0. The highest BCUT2D eigenvalue weighted by atomic mass is 127. The Bertz CT molecular complexity index is 604. The quantitative estimate of drug-likeness (QED) is 0.454. The van der Waals surface area contributed by atoms with E-state index in [9.17, 15) is 19.3 Å². The van der Waals surface area contributed by atoms with E-state index >= 15 is 0 Å². The lowest BCUT2D eigenvalue weighted by Gasteiger charge is -2.48. The largest absolute Gasteiger partial charge is 0.480 e. The Morgan fingerprint density at radius 3 is 2.76 bits per heavy atom. The molecule has 1 aliphatic heterocycles. The molecule has 1 aliphatic rings. The monoisotopic (exact) mass is 410 g/mol. The summed E-state index contributed by atoms with van der Waals surface area (Å²) < 4.78 is 19.0. The Morgan fingerprint density at radius 1 is 1.62 bits per heavy atom. The zero-order valence-electron chi connectivity index (χ0n) is 11.0. The number of carbonyl (C=O) groups is 1. The van der Waals surface area contributed by atoms with Crippen molar-refractivity contribution in [1.29, 1.82) is 0 Å². The molecule has 0 atom stereocenters. The van der Waals surface area contributed by atoms with Gasteiger partial charge in [-0.15, -0.1) is 0 Å². The lowest BCUT2D eigenvalue weighted by Crippen LogP contribution is -2.62. The van der Waals surface area contributed by atoms with Crippen LogP contribution >= 0.6 is 22.6 Å². The van der Waals surface area contributed by atoms with Gasteiger partial charge < -0.3 is 14.7 Å². The number of rotatable bonds is 5. The van der Waals surface area contributed by atoms with Crippen LogP contribution in [0.4, 0.5) is 15.8 Å². The number of nitro groups is 1. The van der Waals surface area contributed by atoms with E-state index in [4.69, 9.17) is 9.84 Å². The van der Waals surface area contributed by atoms with Crippen molar-refractivity contribution in [2.75, 3.05) is 24.6 Å². The number of carboxylic acid groups (broad SMARTS) is 1. The Balaban J connectivity index is 2.16. The van der Waals surface area contributed by atoms with Crippen LogP contribution in [-0.2, 0) is 9.53 Å². The fraction of sp³-hybridized carbons (Fsp3) is 0.417. The van der Waals surface area contributed by atoms with Gasteiger partial charge >= 0.3 is 5.97 Å². The molecule has 1 aromatic carbocycles. The van der Waals surface area contributed by atoms with Crippen molar-refractivity contribution in [2.24, 2.45) is 0 Å². The minimum absolute atomic E-state index is 0.175. The second-order valence-corrected chi connectivity index (χ2v) is 6.16. The van der Waals surface area contributed by atoms with Crippen LogP contribution in [0.5, 0.6) is 0 Å². The fourth-order valence-electron chi connectivity index (χ4n) is 2.18. The lowest BCUT2D eigenvalue weighted by atomic mass is 9.95. The first-order valence-electron chi connectivity index (χ1n) is 5.96. The van der Waals surface area contributed by atoms with Gasteiger partial charge in [-0.3, -0.25) is 10.1 Å². The molecule has 7 nitrogen and oxygen atoms in total. The van der Waals surface area contributed by atoms with Crippen molar-refractivity contribution < 1.29 is 24.0 Å². The molecule has 0 radical (unpaired) electrons. The van der Waals surface area contributed by atoms with Crippen LogP contribution in [0.3, 0.4) is 0 Å². The average Bonchev–Trinajstić information content (AvgIpc) is 2.35. The molecule has 0 unspecified atom stereocenters. The molecule has 21 heavy (non-hydrogen) atoms. The van der Waals surface area contributed by atoms with Crippen molar-refractivity contribution in [3.8, 4) is 0 Å². The highest BCUT2D eigenvalue weighted by molar-refractivity contribution is 14.1. The summed E-state index contributed by atoms with van der Waals surface area (Å²) >= 11 is 1.69. The number of nitro benzene ring substituents is 1.